The molecule has 0 saturated carbocycles. The molecular weight excluding hydrogens is 282 g/mol. The topological polar surface area (TPSA) is 75.1 Å². The van der Waals surface area contributed by atoms with Gasteiger partial charge < -0.3 is 10.4 Å². The molecular formula is C12H21N3O2S2. The molecule has 5 nitrogen and oxygen atoms in total. The molecule has 0 aliphatic rings. The molecule has 1 atom stereocenters. The van der Waals surface area contributed by atoms with Crippen molar-refractivity contribution in [3.8, 4) is 0 Å². The van der Waals surface area contributed by atoms with E-state index in [0.717, 1.165) is 24.4 Å². The van der Waals surface area contributed by atoms with E-state index in [0.29, 0.717) is 10.4 Å². The lowest BCUT2D eigenvalue weighted by Gasteiger charge is -2.16. The van der Waals surface area contributed by atoms with Crippen molar-refractivity contribution in [3.63, 3.8) is 0 Å². The molecule has 0 saturated heterocycles. The molecule has 0 aromatic carbocycles. The highest BCUT2D eigenvalue weighted by molar-refractivity contribution is 8.01. The Bertz CT molecular complexity index is 385. The molecule has 108 valence electrons. The van der Waals surface area contributed by atoms with Crippen molar-refractivity contribution in [2.75, 3.05) is 11.1 Å². The molecule has 1 aromatic rings. The standard InChI is InChI=1S/C12H21N3O2S2/c1-3-5-7-9(6-4-2)13-11-14-15-12(19-11)18-8-10(16)17/h9H,3-8H2,1-2H3,(H,13,14)(H,16,17). The summed E-state index contributed by atoms with van der Waals surface area (Å²) in [6.07, 6.45) is 5.80. The quantitative estimate of drug-likeness (QED) is 0.644. The van der Waals surface area contributed by atoms with E-state index in [1.54, 1.807) is 0 Å². The number of unbranched alkanes of at least 4 members (excludes halogenated alkanes) is 1. The fraction of sp³-hybridized carbons (Fsp3) is 0.750. The Balaban J connectivity index is 2.47. The van der Waals surface area contributed by atoms with Gasteiger partial charge in [0.05, 0.1) is 5.75 Å². The van der Waals surface area contributed by atoms with Crippen LogP contribution in [0.4, 0.5) is 5.13 Å². The van der Waals surface area contributed by atoms with Gasteiger partial charge in [0.25, 0.3) is 0 Å². The maximum atomic E-state index is 10.5. The van der Waals surface area contributed by atoms with Gasteiger partial charge in [-0.2, -0.15) is 0 Å². The van der Waals surface area contributed by atoms with Crippen LogP contribution < -0.4 is 5.32 Å². The van der Waals surface area contributed by atoms with Crippen LogP contribution in [0.15, 0.2) is 4.34 Å². The number of rotatable bonds is 10. The highest BCUT2D eigenvalue weighted by atomic mass is 32.2. The average molecular weight is 303 g/mol. The second-order valence-electron chi connectivity index (χ2n) is 4.33. The van der Waals surface area contributed by atoms with Gasteiger partial charge in [0.15, 0.2) is 4.34 Å². The molecule has 0 fully saturated rings. The summed E-state index contributed by atoms with van der Waals surface area (Å²) in [5.41, 5.74) is 0. The zero-order valence-electron chi connectivity index (χ0n) is 11.4. The number of thioether (sulfide) groups is 1. The molecule has 7 heteroatoms. The monoisotopic (exact) mass is 303 g/mol. The number of anilines is 1. The van der Waals surface area contributed by atoms with Crippen LogP contribution in [-0.2, 0) is 4.79 Å². The second-order valence-corrected chi connectivity index (χ2v) is 6.53. The maximum absolute atomic E-state index is 10.5. The number of hydrogen-bond donors (Lipinski definition) is 2. The summed E-state index contributed by atoms with van der Waals surface area (Å²) in [7, 11) is 0. The second kappa shape index (κ2) is 9.14. The van der Waals surface area contributed by atoms with Crippen molar-refractivity contribution in [1.29, 1.82) is 0 Å². The Morgan fingerprint density at radius 2 is 2.16 bits per heavy atom. The fourth-order valence-electron chi connectivity index (χ4n) is 1.71. The van der Waals surface area contributed by atoms with Gasteiger partial charge in [0.1, 0.15) is 0 Å². The SMILES string of the molecule is CCCCC(CCC)Nc1nnc(SCC(=O)O)s1. The van der Waals surface area contributed by atoms with Gasteiger partial charge in [-0.3, -0.25) is 4.79 Å². The molecule has 0 radical (unpaired) electrons. The maximum Gasteiger partial charge on any atom is 0.313 e. The number of nitrogens with one attached hydrogen (secondary N) is 1. The van der Waals surface area contributed by atoms with Crippen LogP contribution in [0.3, 0.4) is 0 Å². The van der Waals surface area contributed by atoms with E-state index < -0.39 is 5.97 Å². The van der Waals surface area contributed by atoms with Crippen molar-refractivity contribution in [1.82, 2.24) is 10.2 Å². The Hall–Kier alpha value is -0.820. The van der Waals surface area contributed by atoms with E-state index in [-0.39, 0.29) is 5.75 Å². The predicted molar refractivity (Wildman–Crippen MR) is 80.1 cm³/mol. The Morgan fingerprint density at radius 3 is 2.79 bits per heavy atom. The minimum absolute atomic E-state index is 0.0306. The first-order valence-corrected chi connectivity index (χ1v) is 8.40. The third-order valence-electron chi connectivity index (χ3n) is 2.60. The minimum atomic E-state index is -0.832. The summed E-state index contributed by atoms with van der Waals surface area (Å²) >= 11 is 2.64. The van der Waals surface area contributed by atoms with Gasteiger partial charge in [0.2, 0.25) is 5.13 Å². The predicted octanol–water partition coefficient (Wildman–Crippen LogP) is 3.49. The van der Waals surface area contributed by atoms with Crippen molar-refractivity contribution < 1.29 is 9.90 Å². The van der Waals surface area contributed by atoms with E-state index in [2.05, 4.69) is 29.4 Å². The Morgan fingerprint density at radius 1 is 1.37 bits per heavy atom. The van der Waals surface area contributed by atoms with E-state index >= 15 is 0 Å². The zero-order chi connectivity index (χ0) is 14.1. The van der Waals surface area contributed by atoms with Crippen molar-refractivity contribution in [2.24, 2.45) is 0 Å². The molecule has 0 aliphatic carbocycles. The van der Waals surface area contributed by atoms with Gasteiger partial charge in [-0.25, -0.2) is 0 Å². The first-order valence-electron chi connectivity index (χ1n) is 6.60. The number of aliphatic carboxylic acids is 1. The number of hydrogen-bond acceptors (Lipinski definition) is 6. The lowest BCUT2D eigenvalue weighted by atomic mass is 10.1. The van der Waals surface area contributed by atoms with Gasteiger partial charge >= 0.3 is 5.97 Å². The largest absolute Gasteiger partial charge is 0.481 e. The number of nitrogens with zero attached hydrogens (tertiary/aromatic N) is 2. The van der Waals surface area contributed by atoms with Crippen LogP contribution in [0.25, 0.3) is 0 Å². The van der Waals surface area contributed by atoms with Crippen LogP contribution in [0.1, 0.15) is 46.0 Å². The molecule has 0 bridgehead atoms. The summed E-state index contributed by atoms with van der Waals surface area (Å²) in [6.45, 7) is 4.36. The van der Waals surface area contributed by atoms with E-state index in [1.165, 1.54) is 35.9 Å². The molecule has 0 spiro atoms. The van der Waals surface area contributed by atoms with Crippen LogP contribution in [0.2, 0.25) is 0 Å². The molecule has 2 N–H and O–H groups in total. The Kier molecular flexibility index (Phi) is 7.81. The minimum Gasteiger partial charge on any atom is -0.481 e. The molecule has 1 rings (SSSR count). The molecule has 0 aliphatic heterocycles. The molecule has 1 unspecified atom stereocenters. The van der Waals surface area contributed by atoms with Crippen molar-refractivity contribution in [3.05, 3.63) is 0 Å². The molecule has 1 heterocycles. The van der Waals surface area contributed by atoms with Gasteiger partial charge in [-0.05, 0) is 12.8 Å². The molecule has 19 heavy (non-hydrogen) atoms. The highest BCUT2D eigenvalue weighted by Gasteiger charge is 2.11. The fourth-order valence-corrected chi connectivity index (χ4v) is 3.26. The zero-order valence-corrected chi connectivity index (χ0v) is 13.0. The molecule has 1 aromatic heterocycles. The lowest BCUT2D eigenvalue weighted by Crippen LogP contribution is -2.18. The van der Waals surface area contributed by atoms with Crippen LogP contribution in [0.5, 0.6) is 0 Å². The highest BCUT2D eigenvalue weighted by Crippen LogP contribution is 2.26. The molecule has 0 amide bonds. The van der Waals surface area contributed by atoms with Gasteiger partial charge in [-0.1, -0.05) is 56.2 Å². The third kappa shape index (κ3) is 6.77. The number of carboxylic acids is 1. The van der Waals surface area contributed by atoms with Crippen LogP contribution in [0, 0.1) is 0 Å². The van der Waals surface area contributed by atoms with Crippen molar-refractivity contribution >= 4 is 34.2 Å². The summed E-state index contributed by atoms with van der Waals surface area (Å²) in [4.78, 5) is 10.5. The number of carboxylic acid groups (broad SMARTS) is 1. The van der Waals surface area contributed by atoms with Crippen LogP contribution >= 0.6 is 23.1 Å². The van der Waals surface area contributed by atoms with E-state index in [4.69, 9.17) is 5.11 Å². The van der Waals surface area contributed by atoms with Crippen molar-refractivity contribution in [2.45, 2.75) is 56.3 Å². The lowest BCUT2D eigenvalue weighted by molar-refractivity contribution is -0.133. The number of aromatic nitrogens is 2. The van der Waals surface area contributed by atoms with Gasteiger partial charge in [0, 0.05) is 6.04 Å². The summed E-state index contributed by atoms with van der Waals surface area (Å²) in [5.74, 6) is -0.801. The number of carbonyl (C=O) groups is 1. The van der Waals surface area contributed by atoms with E-state index in [1.807, 2.05) is 0 Å². The summed E-state index contributed by atoms with van der Waals surface area (Å²) in [6, 6.07) is 0.440. The Labute approximate surface area is 122 Å². The summed E-state index contributed by atoms with van der Waals surface area (Å²) < 4.78 is 0.704. The first-order chi connectivity index (χ1) is 9.15. The van der Waals surface area contributed by atoms with Crippen LogP contribution in [-0.4, -0.2) is 33.1 Å². The normalized spacial score (nSPS) is 12.3. The smallest absolute Gasteiger partial charge is 0.313 e. The van der Waals surface area contributed by atoms with Gasteiger partial charge in [-0.15, -0.1) is 10.2 Å². The third-order valence-corrected chi connectivity index (χ3v) is 4.57. The van der Waals surface area contributed by atoms with E-state index in [9.17, 15) is 4.79 Å². The first kappa shape index (κ1) is 16.2. The summed E-state index contributed by atoms with van der Waals surface area (Å²) in [5, 5.41) is 20.9. The average Bonchev–Trinajstić information content (AvgIpc) is 2.81.